The van der Waals surface area contributed by atoms with E-state index in [2.05, 4.69) is 10.4 Å². The summed E-state index contributed by atoms with van der Waals surface area (Å²) in [5.41, 5.74) is 2.30. The molecule has 0 atom stereocenters. The SMILES string of the molecule is CNON([O-])C1CC1. The molecule has 4 nitrogen and oxygen atoms in total. The van der Waals surface area contributed by atoms with Crippen molar-refractivity contribution in [1.29, 1.82) is 0 Å². The van der Waals surface area contributed by atoms with Crippen LogP contribution in [0.25, 0.3) is 0 Å². The van der Waals surface area contributed by atoms with Crippen LogP contribution in [0.4, 0.5) is 0 Å². The molecule has 1 N–H and O–H groups in total. The third-order valence-electron chi connectivity index (χ3n) is 1.03. The van der Waals surface area contributed by atoms with Gasteiger partial charge in [0.2, 0.25) is 0 Å². The maximum absolute atomic E-state index is 10.4. The molecule has 0 aromatic rings. The van der Waals surface area contributed by atoms with Crippen molar-refractivity contribution in [2.75, 3.05) is 7.05 Å². The first-order valence-corrected chi connectivity index (χ1v) is 2.64. The standard InChI is InChI=1S/C4H9N2O2/c1-5-8-6(7)4-2-3-4/h4-5H,2-3H2,1H3/q-1. The van der Waals surface area contributed by atoms with E-state index in [1.165, 1.54) is 0 Å². The quantitative estimate of drug-likeness (QED) is 0.529. The van der Waals surface area contributed by atoms with Crippen LogP contribution in [-0.4, -0.2) is 18.3 Å². The van der Waals surface area contributed by atoms with Gasteiger partial charge in [-0.05, 0) is 12.8 Å². The minimum absolute atomic E-state index is 0.113. The molecule has 0 spiro atoms. The van der Waals surface area contributed by atoms with Gasteiger partial charge in [0.25, 0.3) is 0 Å². The summed E-state index contributed by atoms with van der Waals surface area (Å²) in [6, 6.07) is 0.113. The third kappa shape index (κ3) is 1.41. The Morgan fingerprint density at radius 1 is 1.75 bits per heavy atom. The average Bonchev–Trinajstić information content (AvgIpc) is 2.45. The van der Waals surface area contributed by atoms with E-state index in [-0.39, 0.29) is 6.04 Å². The summed E-state index contributed by atoms with van der Waals surface area (Å²) in [6.45, 7) is 0. The fourth-order valence-electron chi connectivity index (χ4n) is 0.450. The second-order valence-electron chi connectivity index (χ2n) is 1.81. The number of nitrogens with one attached hydrogen (secondary N) is 1. The van der Waals surface area contributed by atoms with Crippen molar-refractivity contribution in [3.8, 4) is 0 Å². The van der Waals surface area contributed by atoms with Gasteiger partial charge in [0.05, 0.1) is 0 Å². The van der Waals surface area contributed by atoms with Gasteiger partial charge in [0.1, 0.15) is 0 Å². The fourth-order valence-corrected chi connectivity index (χ4v) is 0.450. The highest BCUT2D eigenvalue weighted by molar-refractivity contribution is 4.80. The van der Waals surface area contributed by atoms with E-state index in [9.17, 15) is 5.21 Å². The maximum Gasteiger partial charge on any atom is 0.0239 e. The molecule has 0 heterocycles. The number of nitrogens with zero attached hydrogens (tertiary/aromatic N) is 1. The van der Waals surface area contributed by atoms with Gasteiger partial charge in [-0.2, -0.15) is 5.48 Å². The van der Waals surface area contributed by atoms with Crippen LogP contribution in [0.15, 0.2) is 0 Å². The van der Waals surface area contributed by atoms with Gasteiger partial charge in [-0.3, -0.25) is 0 Å². The zero-order valence-electron chi connectivity index (χ0n) is 4.76. The molecule has 4 heteroatoms. The summed E-state index contributed by atoms with van der Waals surface area (Å²) in [6.07, 6.45) is 1.93. The normalized spacial score (nSPS) is 19.9. The summed E-state index contributed by atoms with van der Waals surface area (Å²) in [5, 5.41) is 11.0. The van der Waals surface area contributed by atoms with Crippen molar-refractivity contribution in [3.05, 3.63) is 5.21 Å². The topological polar surface area (TPSA) is 47.6 Å². The zero-order chi connectivity index (χ0) is 5.98. The summed E-state index contributed by atoms with van der Waals surface area (Å²) in [4.78, 5) is 4.39. The minimum Gasteiger partial charge on any atom is -0.760 e. The van der Waals surface area contributed by atoms with Crippen LogP contribution < -0.4 is 5.48 Å². The van der Waals surface area contributed by atoms with Gasteiger partial charge in [-0.25, -0.2) is 10.2 Å². The first-order valence-electron chi connectivity index (χ1n) is 2.64. The Morgan fingerprint density at radius 2 is 2.38 bits per heavy atom. The van der Waals surface area contributed by atoms with Crippen LogP contribution in [0.1, 0.15) is 12.8 Å². The Kier molecular flexibility index (Phi) is 1.80. The van der Waals surface area contributed by atoms with E-state index in [4.69, 9.17) is 0 Å². The van der Waals surface area contributed by atoms with E-state index in [0.29, 0.717) is 5.23 Å². The van der Waals surface area contributed by atoms with Gasteiger partial charge >= 0.3 is 0 Å². The average molecular weight is 117 g/mol. The van der Waals surface area contributed by atoms with Crippen LogP contribution in [0, 0.1) is 5.21 Å². The Hall–Kier alpha value is -0.160. The van der Waals surface area contributed by atoms with E-state index in [1.807, 2.05) is 0 Å². The molecule has 0 saturated heterocycles. The van der Waals surface area contributed by atoms with Crippen LogP contribution in [0.5, 0.6) is 0 Å². The van der Waals surface area contributed by atoms with Crippen molar-refractivity contribution in [2.45, 2.75) is 18.9 Å². The molecule has 0 unspecified atom stereocenters. The number of hydrogen-bond acceptors (Lipinski definition) is 4. The molecule has 0 bridgehead atoms. The molecule has 0 amide bonds. The predicted molar refractivity (Wildman–Crippen MR) is 28.4 cm³/mol. The molecule has 1 rings (SSSR count). The largest absolute Gasteiger partial charge is 0.760 e. The van der Waals surface area contributed by atoms with Crippen molar-refractivity contribution in [1.82, 2.24) is 10.7 Å². The molecular weight excluding hydrogens is 108 g/mol. The first kappa shape index (κ1) is 5.97. The summed E-state index contributed by atoms with van der Waals surface area (Å²) in [7, 11) is 1.56. The first-order chi connectivity index (χ1) is 3.84. The zero-order valence-corrected chi connectivity index (χ0v) is 4.76. The lowest BCUT2D eigenvalue weighted by atomic mass is 10.8. The Bertz CT molecular complexity index is 74.4. The molecule has 0 aliphatic heterocycles. The van der Waals surface area contributed by atoms with Crippen LogP contribution in [0.3, 0.4) is 0 Å². The molecule has 1 aliphatic carbocycles. The lowest BCUT2D eigenvalue weighted by molar-refractivity contribution is -0.176. The predicted octanol–water partition coefficient (Wildman–Crippen LogP) is 0.0146. The molecule has 0 aromatic heterocycles. The van der Waals surface area contributed by atoms with E-state index in [0.717, 1.165) is 12.8 Å². The Morgan fingerprint density at radius 3 is 2.75 bits per heavy atom. The molecule has 8 heavy (non-hydrogen) atoms. The molecule has 1 aliphatic rings. The lowest BCUT2D eigenvalue weighted by Crippen LogP contribution is -2.25. The number of rotatable bonds is 3. The highest BCUT2D eigenvalue weighted by Crippen LogP contribution is 2.25. The summed E-state index contributed by atoms with van der Waals surface area (Å²) in [5.74, 6) is 0. The van der Waals surface area contributed by atoms with Gasteiger partial charge in [0.15, 0.2) is 0 Å². The van der Waals surface area contributed by atoms with Crippen LogP contribution in [-0.2, 0) is 4.94 Å². The molecular formula is C4H9N2O2-. The van der Waals surface area contributed by atoms with Crippen molar-refractivity contribution in [3.63, 3.8) is 0 Å². The van der Waals surface area contributed by atoms with Gasteiger partial charge in [-0.1, -0.05) is 0 Å². The van der Waals surface area contributed by atoms with E-state index >= 15 is 0 Å². The highest BCUT2D eigenvalue weighted by Gasteiger charge is 2.23. The second-order valence-corrected chi connectivity index (χ2v) is 1.81. The Balaban J connectivity index is 2.03. The van der Waals surface area contributed by atoms with Crippen LogP contribution in [0.2, 0.25) is 0 Å². The van der Waals surface area contributed by atoms with E-state index in [1.54, 1.807) is 7.05 Å². The van der Waals surface area contributed by atoms with Crippen molar-refractivity contribution < 1.29 is 4.94 Å². The molecule has 48 valence electrons. The number of hydroxylamine groups is 3. The lowest BCUT2D eigenvalue weighted by Gasteiger charge is -2.24. The second kappa shape index (κ2) is 2.41. The third-order valence-corrected chi connectivity index (χ3v) is 1.03. The van der Waals surface area contributed by atoms with Crippen LogP contribution >= 0.6 is 0 Å². The van der Waals surface area contributed by atoms with E-state index < -0.39 is 0 Å². The monoisotopic (exact) mass is 117 g/mol. The molecule has 1 fully saturated rings. The van der Waals surface area contributed by atoms with Gasteiger partial charge in [-0.15, -0.1) is 0 Å². The summed E-state index contributed by atoms with van der Waals surface area (Å²) < 4.78 is 0. The van der Waals surface area contributed by atoms with Crippen molar-refractivity contribution >= 4 is 0 Å². The van der Waals surface area contributed by atoms with Crippen molar-refractivity contribution in [2.24, 2.45) is 0 Å². The highest BCUT2D eigenvalue weighted by atomic mass is 17.0. The molecule has 1 saturated carbocycles. The van der Waals surface area contributed by atoms with Gasteiger partial charge in [0, 0.05) is 13.1 Å². The minimum atomic E-state index is 0.113. The fraction of sp³-hybridized carbons (Fsp3) is 1.00. The molecule has 0 radical (unpaired) electrons. The Labute approximate surface area is 47.9 Å². The molecule has 0 aromatic carbocycles. The van der Waals surface area contributed by atoms with Gasteiger partial charge < -0.3 is 5.21 Å². The maximum atomic E-state index is 10.4. The smallest absolute Gasteiger partial charge is 0.0239 e. The number of hydrogen-bond donors (Lipinski definition) is 1. The summed E-state index contributed by atoms with van der Waals surface area (Å²) >= 11 is 0.